The summed E-state index contributed by atoms with van der Waals surface area (Å²) in [5, 5.41) is 9.40. The van der Waals surface area contributed by atoms with E-state index < -0.39 is 6.10 Å². The number of hydrogen-bond acceptors (Lipinski definition) is 2. The van der Waals surface area contributed by atoms with E-state index in [4.69, 9.17) is 5.73 Å². The Bertz CT molecular complexity index is 317. The minimum atomic E-state index is -0.643. The van der Waals surface area contributed by atoms with E-state index >= 15 is 0 Å². The molecule has 78 valence electrons. The van der Waals surface area contributed by atoms with Gasteiger partial charge < -0.3 is 10.8 Å². The van der Waals surface area contributed by atoms with Crippen LogP contribution in [0, 0.1) is 5.82 Å². The summed E-state index contributed by atoms with van der Waals surface area (Å²) >= 11 is 3.17. The first-order chi connectivity index (χ1) is 6.56. The maximum atomic E-state index is 13.5. The molecule has 2 nitrogen and oxygen atoms in total. The van der Waals surface area contributed by atoms with Crippen LogP contribution in [0.25, 0.3) is 0 Å². The lowest BCUT2D eigenvalue weighted by Crippen LogP contribution is -2.24. The molecule has 0 heterocycles. The Hall–Kier alpha value is -0.450. The maximum absolute atomic E-state index is 13.5. The van der Waals surface area contributed by atoms with E-state index in [-0.39, 0.29) is 18.3 Å². The van der Waals surface area contributed by atoms with Gasteiger partial charge in [-0.15, -0.1) is 0 Å². The summed E-state index contributed by atoms with van der Waals surface area (Å²) in [7, 11) is 0. The van der Waals surface area contributed by atoms with Gasteiger partial charge in [-0.05, 0) is 24.6 Å². The molecular weight excluding hydrogens is 249 g/mol. The summed E-state index contributed by atoms with van der Waals surface area (Å²) in [5.41, 5.74) is 5.94. The molecule has 0 aliphatic rings. The van der Waals surface area contributed by atoms with Crippen molar-refractivity contribution < 1.29 is 9.50 Å². The molecule has 0 saturated carbocycles. The second-order valence-corrected chi connectivity index (χ2v) is 4.16. The molecule has 0 fully saturated rings. The summed E-state index contributed by atoms with van der Waals surface area (Å²) in [6.07, 6.45) is -0.643. The molecule has 1 unspecified atom stereocenters. The number of aliphatic hydroxyl groups is 1. The highest BCUT2D eigenvalue weighted by Crippen LogP contribution is 2.24. The van der Waals surface area contributed by atoms with Gasteiger partial charge in [-0.1, -0.05) is 22.0 Å². The van der Waals surface area contributed by atoms with Gasteiger partial charge in [0.25, 0.3) is 0 Å². The van der Waals surface area contributed by atoms with E-state index in [2.05, 4.69) is 15.9 Å². The van der Waals surface area contributed by atoms with Crippen molar-refractivity contribution in [3.05, 3.63) is 34.1 Å². The zero-order valence-electron chi connectivity index (χ0n) is 7.87. The van der Waals surface area contributed by atoms with Gasteiger partial charge >= 0.3 is 0 Å². The quantitative estimate of drug-likeness (QED) is 0.875. The van der Waals surface area contributed by atoms with Crippen molar-refractivity contribution in [2.75, 3.05) is 6.54 Å². The topological polar surface area (TPSA) is 46.2 Å². The lowest BCUT2D eigenvalue weighted by molar-refractivity contribution is 0.163. The minimum Gasteiger partial charge on any atom is -0.393 e. The fraction of sp³-hybridized carbons (Fsp3) is 0.400. The Morgan fingerprint density at radius 3 is 2.64 bits per heavy atom. The van der Waals surface area contributed by atoms with Crippen LogP contribution in [0.4, 0.5) is 4.39 Å². The van der Waals surface area contributed by atoms with Gasteiger partial charge in [0.2, 0.25) is 0 Å². The van der Waals surface area contributed by atoms with Crippen LogP contribution >= 0.6 is 15.9 Å². The van der Waals surface area contributed by atoms with Crippen LogP contribution in [-0.4, -0.2) is 17.8 Å². The summed E-state index contributed by atoms with van der Waals surface area (Å²) in [6, 6.07) is 4.76. The Labute approximate surface area is 91.1 Å². The number of hydrogen-bond donors (Lipinski definition) is 2. The van der Waals surface area contributed by atoms with Gasteiger partial charge in [-0.25, -0.2) is 4.39 Å². The van der Waals surface area contributed by atoms with Gasteiger partial charge in [-0.2, -0.15) is 0 Å². The first-order valence-electron chi connectivity index (χ1n) is 4.39. The number of rotatable bonds is 3. The van der Waals surface area contributed by atoms with E-state index in [1.807, 2.05) is 0 Å². The summed E-state index contributed by atoms with van der Waals surface area (Å²) < 4.78 is 14.1. The molecule has 0 aromatic heterocycles. The molecule has 0 saturated heterocycles. The molecule has 3 N–H and O–H groups in total. The second-order valence-electron chi connectivity index (χ2n) is 3.25. The van der Waals surface area contributed by atoms with Crippen LogP contribution in [0.15, 0.2) is 22.7 Å². The van der Waals surface area contributed by atoms with Gasteiger partial charge in [0.15, 0.2) is 0 Å². The smallest absolute Gasteiger partial charge is 0.127 e. The molecule has 1 aromatic rings. The molecule has 0 radical (unpaired) electrons. The fourth-order valence-electron chi connectivity index (χ4n) is 1.39. The second kappa shape index (κ2) is 4.87. The minimum absolute atomic E-state index is 0.232. The highest BCUT2D eigenvalue weighted by Gasteiger charge is 2.19. The monoisotopic (exact) mass is 261 g/mol. The molecule has 1 rings (SSSR count). The Balaban J connectivity index is 3.04. The van der Waals surface area contributed by atoms with Crippen molar-refractivity contribution in [2.45, 2.75) is 18.9 Å². The van der Waals surface area contributed by atoms with Crippen LogP contribution in [0.1, 0.15) is 18.4 Å². The van der Waals surface area contributed by atoms with Crippen molar-refractivity contribution in [3.63, 3.8) is 0 Å². The van der Waals surface area contributed by atoms with Crippen LogP contribution in [-0.2, 0) is 0 Å². The van der Waals surface area contributed by atoms with E-state index in [1.165, 1.54) is 6.07 Å². The third-order valence-electron chi connectivity index (χ3n) is 2.20. The van der Waals surface area contributed by atoms with Crippen molar-refractivity contribution >= 4 is 15.9 Å². The Morgan fingerprint density at radius 1 is 1.57 bits per heavy atom. The third kappa shape index (κ3) is 2.53. The van der Waals surface area contributed by atoms with Gasteiger partial charge in [0.05, 0.1) is 6.10 Å². The lowest BCUT2D eigenvalue weighted by Gasteiger charge is -2.18. The highest BCUT2D eigenvalue weighted by atomic mass is 79.9. The average molecular weight is 262 g/mol. The predicted molar refractivity (Wildman–Crippen MR) is 57.6 cm³/mol. The standard InChI is InChI=1S/C10H13BrFNO/c1-6(14)9(5-13)8-3-2-7(11)4-10(8)12/h2-4,6,9,14H,5,13H2,1H3/t6?,9-/m0/s1. The van der Waals surface area contributed by atoms with Crippen molar-refractivity contribution in [2.24, 2.45) is 5.73 Å². The van der Waals surface area contributed by atoms with Crippen LogP contribution in [0.5, 0.6) is 0 Å². The highest BCUT2D eigenvalue weighted by molar-refractivity contribution is 9.10. The van der Waals surface area contributed by atoms with Gasteiger partial charge in [0, 0.05) is 16.9 Å². The number of halogens is 2. The SMILES string of the molecule is CC(O)[C@H](CN)c1ccc(Br)cc1F. The molecule has 2 atom stereocenters. The van der Waals surface area contributed by atoms with Crippen LogP contribution in [0.3, 0.4) is 0 Å². The predicted octanol–water partition coefficient (Wildman–Crippen LogP) is 2.01. The zero-order chi connectivity index (χ0) is 10.7. The molecule has 0 aliphatic carbocycles. The van der Waals surface area contributed by atoms with Crippen molar-refractivity contribution in [3.8, 4) is 0 Å². The average Bonchev–Trinajstić information content (AvgIpc) is 2.09. The summed E-state index contributed by atoms with van der Waals surface area (Å²) in [5.74, 6) is -0.682. The first kappa shape index (κ1) is 11.6. The first-order valence-corrected chi connectivity index (χ1v) is 5.18. The Kier molecular flexibility index (Phi) is 4.04. The number of aliphatic hydroxyl groups excluding tert-OH is 1. The summed E-state index contributed by atoms with van der Waals surface area (Å²) in [4.78, 5) is 0. The summed E-state index contributed by atoms with van der Waals surface area (Å²) in [6.45, 7) is 1.84. The molecular formula is C10H13BrFNO. The van der Waals surface area contributed by atoms with Gasteiger partial charge in [-0.3, -0.25) is 0 Å². The van der Waals surface area contributed by atoms with Gasteiger partial charge in [0.1, 0.15) is 5.82 Å². The van der Waals surface area contributed by atoms with E-state index in [9.17, 15) is 9.50 Å². The normalized spacial score (nSPS) is 15.2. The van der Waals surface area contributed by atoms with Crippen LogP contribution in [0.2, 0.25) is 0 Å². The largest absolute Gasteiger partial charge is 0.393 e. The third-order valence-corrected chi connectivity index (χ3v) is 2.69. The molecule has 4 heteroatoms. The van der Waals surface area contributed by atoms with E-state index in [0.29, 0.717) is 10.0 Å². The molecule has 0 spiro atoms. The van der Waals surface area contributed by atoms with Crippen LogP contribution < -0.4 is 5.73 Å². The fourth-order valence-corrected chi connectivity index (χ4v) is 1.72. The maximum Gasteiger partial charge on any atom is 0.127 e. The van der Waals surface area contributed by atoms with E-state index in [1.54, 1.807) is 19.1 Å². The van der Waals surface area contributed by atoms with Crippen molar-refractivity contribution in [1.82, 2.24) is 0 Å². The molecule has 0 aliphatic heterocycles. The van der Waals surface area contributed by atoms with E-state index in [0.717, 1.165) is 0 Å². The molecule has 0 amide bonds. The molecule has 14 heavy (non-hydrogen) atoms. The van der Waals surface area contributed by atoms with Crippen molar-refractivity contribution in [1.29, 1.82) is 0 Å². The zero-order valence-corrected chi connectivity index (χ0v) is 9.46. The Morgan fingerprint density at radius 2 is 2.21 bits per heavy atom. The lowest BCUT2D eigenvalue weighted by atomic mass is 9.94. The number of nitrogens with two attached hydrogens (primary N) is 1. The number of benzene rings is 1. The molecule has 0 bridgehead atoms. The molecule has 1 aromatic carbocycles.